The molecule has 1 aliphatic rings. The SMILES string of the molecule is C=CCO[C@H]1CSC[C@H]1O. The van der Waals surface area contributed by atoms with Gasteiger partial charge in [-0.25, -0.2) is 0 Å². The molecular weight excluding hydrogens is 148 g/mol. The zero-order valence-corrected chi connectivity index (χ0v) is 6.64. The van der Waals surface area contributed by atoms with Crippen LogP contribution in [-0.2, 0) is 4.74 Å². The Morgan fingerprint density at radius 1 is 1.70 bits per heavy atom. The molecule has 1 N–H and O–H groups in total. The van der Waals surface area contributed by atoms with Gasteiger partial charge in [-0.15, -0.1) is 6.58 Å². The Labute approximate surface area is 65.3 Å². The van der Waals surface area contributed by atoms with Crippen LogP contribution < -0.4 is 0 Å². The molecule has 1 aliphatic heterocycles. The number of hydrogen-bond acceptors (Lipinski definition) is 3. The normalized spacial score (nSPS) is 32.5. The maximum absolute atomic E-state index is 9.24. The Hall–Kier alpha value is 0.01000. The lowest BCUT2D eigenvalue weighted by atomic mass is 10.3. The highest BCUT2D eigenvalue weighted by Gasteiger charge is 2.25. The molecule has 1 fully saturated rings. The highest BCUT2D eigenvalue weighted by molar-refractivity contribution is 7.99. The van der Waals surface area contributed by atoms with Crippen LogP contribution in [0.25, 0.3) is 0 Å². The van der Waals surface area contributed by atoms with Crippen molar-refractivity contribution in [3.63, 3.8) is 0 Å². The predicted octanol–water partition coefficient (Wildman–Crippen LogP) is 0.665. The van der Waals surface area contributed by atoms with Crippen molar-refractivity contribution in [2.24, 2.45) is 0 Å². The first kappa shape index (κ1) is 8.11. The second-order valence-electron chi connectivity index (χ2n) is 2.27. The summed E-state index contributed by atoms with van der Waals surface area (Å²) in [4.78, 5) is 0. The molecule has 1 heterocycles. The van der Waals surface area contributed by atoms with Gasteiger partial charge in [0.25, 0.3) is 0 Å². The molecule has 0 radical (unpaired) electrons. The van der Waals surface area contributed by atoms with Crippen molar-refractivity contribution in [2.45, 2.75) is 12.2 Å². The van der Waals surface area contributed by atoms with Crippen molar-refractivity contribution in [2.75, 3.05) is 18.1 Å². The smallest absolute Gasteiger partial charge is 0.0936 e. The Morgan fingerprint density at radius 2 is 2.50 bits per heavy atom. The van der Waals surface area contributed by atoms with Crippen LogP contribution >= 0.6 is 11.8 Å². The molecule has 0 spiro atoms. The quantitative estimate of drug-likeness (QED) is 0.615. The fourth-order valence-electron chi connectivity index (χ4n) is 0.874. The fraction of sp³-hybridized carbons (Fsp3) is 0.714. The zero-order valence-electron chi connectivity index (χ0n) is 5.82. The van der Waals surface area contributed by atoms with Crippen molar-refractivity contribution < 1.29 is 9.84 Å². The highest BCUT2D eigenvalue weighted by Crippen LogP contribution is 2.20. The van der Waals surface area contributed by atoms with Crippen LogP contribution in [0.5, 0.6) is 0 Å². The Kier molecular flexibility index (Phi) is 3.25. The Balaban J connectivity index is 2.19. The summed E-state index contributed by atoms with van der Waals surface area (Å²) < 4.78 is 5.28. The number of aliphatic hydroxyl groups is 1. The van der Waals surface area contributed by atoms with Crippen molar-refractivity contribution in [1.82, 2.24) is 0 Å². The number of ether oxygens (including phenoxy) is 1. The lowest BCUT2D eigenvalue weighted by Crippen LogP contribution is -2.26. The van der Waals surface area contributed by atoms with E-state index in [9.17, 15) is 5.11 Å². The molecule has 1 rings (SSSR count). The fourth-order valence-corrected chi connectivity index (χ4v) is 2.02. The van der Waals surface area contributed by atoms with Crippen LogP contribution in [-0.4, -0.2) is 35.4 Å². The zero-order chi connectivity index (χ0) is 7.40. The lowest BCUT2D eigenvalue weighted by Gasteiger charge is -2.12. The number of hydrogen-bond donors (Lipinski definition) is 1. The largest absolute Gasteiger partial charge is 0.390 e. The summed E-state index contributed by atoms with van der Waals surface area (Å²) in [6.07, 6.45) is 1.46. The molecule has 0 saturated carbocycles. The second-order valence-corrected chi connectivity index (χ2v) is 3.34. The van der Waals surface area contributed by atoms with Gasteiger partial charge in [-0.2, -0.15) is 11.8 Å². The second kappa shape index (κ2) is 4.01. The molecule has 1 saturated heterocycles. The topological polar surface area (TPSA) is 29.5 Å². The first-order valence-electron chi connectivity index (χ1n) is 3.33. The molecule has 2 atom stereocenters. The molecule has 0 bridgehead atoms. The van der Waals surface area contributed by atoms with Gasteiger partial charge in [0.1, 0.15) is 0 Å². The summed E-state index contributed by atoms with van der Waals surface area (Å²) >= 11 is 1.73. The lowest BCUT2D eigenvalue weighted by molar-refractivity contribution is 0.00522. The molecule has 3 heteroatoms. The molecule has 0 aromatic heterocycles. The monoisotopic (exact) mass is 160 g/mol. The first-order chi connectivity index (χ1) is 4.84. The summed E-state index contributed by atoms with van der Waals surface area (Å²) in [6.45, 7) is 4.08. The van der Waals surface area contributed by atoms with Gasteiger partial charge >= 0.3 is 0 Å². The van der Waals surface area contributed by atoms with Gasteiger partial charge in [0.15, 0.2) is 0 Å². The maximum Gasteiger partial charge on any atom is 0.0936 e. The summed E-state index contributed by atoms with van der Waals surface area (Å²) in [6, 6.07) is 0. The molecule has 0 aliphatic carbocycles. The summed E-state index contributed by atoms with van der Waals surface area (Å²) in [5.41, 5.74) is 0. The van der Waals surface area contributed by atoms with Crippen molar-refractivity contribution in [3.8, 4) is 0 Å². The minimum absolute atomic E-state index is 0.0306. The molecule has 58 valence electrons. The van der Waals surface area contributed by atoms with Gasteiger partial charge in [0.05, 0.1) is 18.8 Å². The van der Waals surface area contributed by atoms with Crippen LogP contribution in [0.15, 0.2) is 12.7 Å². The minimum atomic E-state index is -0.273. The molecular formula is C7H12O2S. The third-order valence-electron chi connectivity index (χ3n) is 1.43. The average Bonchev–Trinajstić information content (AvgIpc) is 2.31. The van der Waals surface area contributed by atoms with Crippen molar-refractivity contribution in [3.05, 3.63) is 12.7 Å². The van der Waals surface area contributed by atoms with E-state index in [0.717, 1.165) is 11.5 Å². The number of aliphatic hydroxyl groups excluding tert-OH is 1. The van der Waals surface area contributed by atoms with Crippen LogP contribution in [0.4, 0.5) is 0 Å². The molecule has 10 heavy (non-hydrogen) atoms. The number of thioether (sulfide) groups is 1. The third-order valence-corrected chi connectivity index (χ3v) is 2.57. The van der Waals surface area contributed by atoms with Gasteiger partial charge in [0, 0.05) is 11.5 Å². The maximum atomic E-state index is 9.24. The van der Waals surface area contributed by atoms with Gasteiger partial charge in [-0.05, 0) is 0 Å². The van der Waals surface area contributed by atoms with Gasteiger partial charge in [0.2, 0.25) is 0 Å². The van der Waals surface area contributed by atoms with Crippen LogP contribution in [0.1, 0.15) is 0 Å². The van der Waals surface area contributed by atoms with Crippen LogP contribution in [0.3, 0.4) is 0 Å². The highest BCUT2D eigenvalue weighted by atomic mass is 32.2. The van der Waals surface area contributed by atoms with E-state index in [-0.39, 0.29) is 12.2 Å². The van der Waals surface area contributed by atoms with Crippen LogP contribution in [0, 0.1) is 0 Å². The van der Waals surface area contributed by atoms with Crippen molar-refractivity contribution >= 4 is 11.8 Å². The van der Waals surface area contributed by atoms with E-state index in [2.05, 4.69) is 6.58 Å². The predicted molar refractivity (Wildman–Crippen MR) is 43.3 cm³/mol. The summed E-state index contributed by atoms with van der Waals surface area (Å²) in [7, 11) is 0. The van der Waals surface area contributed by atoms with E-state index >= 15 is 0 Å². The average molecular weight is 160 g/mol. The molecule has 2 nitrogen and oxygen atoms in total. The van der Waals surface area contributed by atoms with E-state index in [4.69, 9.17) is 4.74 Å². The third kappa shape index (κ3) is 2.01. The molecule has 0 unspecified atom stereocenters. The molecule has 0 aromatic rings. The Bertz CT molecular complexity index is 116. The summed E-state index contributed by atoms with van der Waals surface area (Å²) in [5, 5.41) is 9.24. The molecule has 0 amide bonds. The van der Waals surface area contributed by atoms with Crippen LogP contribution in [0.2, 0.25) is 0 Å². The van der Waals surface area contributed by atoms with E-state index < -0.39 is 0 Å². The first-order valence-corrected chi connectivity index (χ1v) is 4.48. The van der Waals surface area contributed by atoms with Gasteiger partial charge in [-0.3, -0.25) is 0 Å². The van der Waals surface area contributed by atoms with E-state index in [0.29, 0.717) is 6.61 Å². The van der Waals surface area contributed by atoms with E-state index in [1.165, 1.54) is 0 Å². The number of rotatable bonds is 3. The van der Waals surface area contributed by atoms with E-state index in [1.807, 2.05) is 0 Å². The minimum Gasteiger partial charge on any atom is -0.390 e. The Morgan fingerprint density at radius 3 is 3.00 bits per heavy atom. The standard InChI is InChI=1S/C7H12O2S/c1-2-3-9-7-5-10-4-6(7)8/h2,6-8H,1,3-5H2/t6-,7+/m1/s1. The van der Waals surface area contributed by atoms with Crippen molar-refractivity contribution in [1.29, 1.82) is 0 Å². The molecule has 0 aromatic carbocycles. The van der Waals surface area contributed by atoms with Gasteiger partial charge in [-0.1, -0.05) is 6.08 Å². The van der Waals surface area contributed by atoms with Gasteiger partial charge < -0.3 is 9.84 Å². The summed E-state index contributed by atoms with van der Waals surface area (Å²) in [5.74, 6) is 1.72. The van der Waals surface area contributed by atoms with E-state index in [1.54, 1.807) is 17.8 Å².